The second-order valence-electron chi connectivity index (χ2n) is 9.45. The Morgan fingerprint density at radius 1 is 1.27 bits per heavy atom. The number of allylic oxidation sites excluding steroid dienone is 1. The van der Waals surface area contributed by atoms with Gasteiger partial charge in [-0.1, -0.05) is 42.0 Å². The van der Waals surface area contributed by atoms with Crippen molar-refractivity contribution in [2.24, 2.45) is 11.8 Å². The molecule has 2 amide bonds. The number of carbonyl (C=O) groups excluding carboxylic acids is 2. The van der Waals surface area contributed by atoms with Crippen molar-refractivity contribution in [3.63, 3.8) is 0 Å². The van der Waals surface area contributed by atoms with Crippen molar-refractivity contribution < 1.29 is 24.2 Å². The number of methoxy groups -OCH3 is 1. The van der Waals surface area contributed by atoms with E-state index in [0.717, 1.165) is 11.1 Å². The number of amides is 2. The number of imide groups is 1. The zero-order valence-corrected chi connectivity index (χ0v) is 18.6. The summed E-state index contributed by atoms with van der Waals surface area (Å²) in [7, 11) is 1.60. The van der Waals surface area contributed by atoms with Gasteiger partial charge in [0.25, 0.3) is 5.91 Å². The standard InChI is InChI=1S/C24H33NO5/c1-16-13-18(11-12-29-5)24(28)19(14-16)20(15-17-9-7-6-8-10-17)25(21(24)26)22(27)30-23(2,3)4/h6-10,13,18-20,28H,11-12,14-15H2,1-5H3/t18-,19-,20-,24+/m0/s1. The van der Waals surface area contributed by atoms with Gasteiger partial charge in [0, 0.05) is 25.6 Å². The van der Waals surface area contributed by atoms with E-state index in [1.807, 2.05) is 43.3 Å². The van der Waals surface area contributed by atoms with Crippen LogP contribution in [-0.4, -0.2) is 53.0 Å². The van der Waals surface area contributed by atoms with Gasteiger partial charge in [-0.25, -0.2) is 9.69 Å². The summed E-state index contributed by atoms with van der Waals surface area (Å²) in [5, 5.41) is 11.8. The van der Waals surface area contributed by atoms with Crippen LogP contribution >= 0.6 is 0 Å². The fraction of sp³-hybridized carbons (Fsp3) is 0.583. The first-order valence-corrected chi connectivity index (χ1v) is 10.6. The van der Waals surface area contributed by atoms with Gasteiger partial charge in [-0.2, -0.15) is 0 Å². The average molecular weight is 416 g/mol. The van der Waals surface area contributed by atoms with Crippen LogP contribution in [0.4, 0.5) is 4.79 Å². The molecule has 4 atom stereocenters. The number of likely N-dealkylation sites (tertiary alicyclic amines) is 1. The van der Waals surface area contributed by atoms with Gasteiger partial charge in [-0.15, -0.1) is 0 Å². The molecule has 6 nitrogen and oxygen atoms in total. The van der Waals surface area contributed by atoms with E-state index in [-0.39, 0.29) is 0 Å². The Labute approximate surface area is 178 Å². The summed E-state index contributed by atoms with van der Waals surface area (Å²) in [6.07, 6.45) is 2.81. The lowest BCUT2D eigenvalue weighted by atomic mass is 9.67. The summed E-state index contributed by atoms with van der Waals surface area (Å²) in [4.78, 5) is 27.8. The predicted octanol–water partition coefficient (Wildman–Crippen LogP) is 3.73. The fourth-order valence-electron chi connectivity index (χ4n) is 4.75. The molecule has 1 heterocycles. The van der Waals surface area contributed by atoms with Crippen LogP contribution in [0.3, 0.4) is 0 Å². The largest absolute Gasteiger partial charge is 0.443 e. The van der Waals surface area contributed by atoms with Crippen molar-refractivity contribution in [2.75, 3.05) is 13.7 Å². The van der Waals surface area contributed by atoms with E-state index in [0.29, 0.717) is 25.9 Å². The Hall–Kier alpha value is -2.18. The molecule has 30 heavy (non-hydrogen) atoms. The number of nitrogens with zero attached hydrogens (tertiary/aromatic N) is 1. The molecule has 0 radical (unpaired) electrons. The Morgan fingerprint density at radius 2 is 1.93 bits per heavy atom. The van der Waals surface area contributed by atoms with Gasteiger partial charge in [0.1, 0.15) is 5.60 Å². The van der Waals surface area contributed by atoms with Crippen molar-refractivity contribution >= 4 is 12.0 Å². The minimum absolute atomic E-state index is 0.399. The van der Waals surface area contributed by atoms with Crippen LogP contribution in [0.5, 0.6) is 0 Å². The first kappa shape index (κ1) is 22.5. The lowest BCUT2D eigenvalue weighted by molar-refractivity contribution is -0.150. The Bertz CT molecular complexity index is 813. The molecule has 2 aliphatic rings. The summed E-state index contributed by atoms with van der Waals surface area (Å²) in [6, 6.07) is 9.27. The van der Waals surface area contributed by atoms with E-state index in [1.54, 1.807) is 27.9 Å². The Morgan fingerprint density at radius 3 is 2.53 bits per heavy atom. The minimum atomic E-state index is -1.64. The maximum atomic E-state index is 13.6. The number of hydrogen-bond acceptors (Lipinski definition) is 5. The van der Waals surface area contributed by atoms with Crippen LogP contribution in [0.25, 0.3) is 0 Å². The SMILES string of the molecule is COCC[C@H]1C=C(C)C[C@H]2[C@H](Cc3ccccc3)N(C(=O)OC(C)(C)C)C(=O)[C@@]12O. The summed E-state index contributed by atoms with van der Waals surface area (Å²) in [5.41, 5.74) is -0.264. The van der Waals surface area contributed by atoms with Crippen molar-refractivity contribution in [1.29, 1.82) is 0 Å². The van der Waals surface area contributed by atoms with Crippen LogP contribution in [-0.2, 0) is 20.7 Å². The Kier molecular flexibility index (Phi) is 6.39. The van der Waals surface area contributed by atoms with Gasteiger partial charge in [-0.3, -0.25) is 4.79 Å². The van der Waals surface area contributed by atoms with Gasteiger partial charge >= 0.3 is 6.09 Å². The molecule has 1 aromatic carbocycles. The second kappa shape index (κ2) is 8.52. The van der Waals surface area contributed by atoms with E-state index in [1.165, 1.54) is 4.90 Å². The third kappa shape index (κ3) is 4.30. The summed E-state index contributed by atoms with van der Waals surface area (Å²) < 4.78 is 10.8. The van der Waals surface area contributed by atoms with E-state index in [4.69, 9.17) is 9.47 Å². The predicted molar refractivity (Wildman–Crippen MR) is 114 cm³/mol. The van der Waals surface area contributed by atoms with Crippen LogP contribution in [0.15, 0.2) is 42.0 Å². The highest BCUT2D eigenvalue weighted by Gasteiger charge is 2.64. The van der Waals surface area contributed by atoms with Crippen LogP contribution in [0.1, 0.15) is 46.1 Å². The molecular weight excluding hydrogens is 382 g/mol. The monoisotopic (exact) mass is 415 g/mol. The fourth-order valence-corrected chi connectivity index (χ4v) is 4.75. The molecule has 1 aliphatic heterocycles. The first-order chi connectivity index (χ1) is 14.1. The third-order valence-corrected chi connectivity index (χ3v) is 6.03. The number of rotatable bonds is 5. The zero-order valence-electron chi connectivity index (χ0n) is 18.6. The van der Waals surface area contributed by atoms with E-state index < -0.39 is 41.1 Å². The van der Waals surface area contributed by atoms with Crippen molar-refractivity contribution in [2.45, 2.75) is 64.2 Å². The normalized spacial score (nSPS) is 28.9. The van der Waals surface area contributed by atoms with Crippen molar-refractivity contribution in [3.8, 4) is 0 Å². The van der Waals surface area contributed by atoms with Crippen LogP contribution in [0.2, 0.25) is 0 Å². The number of aliphatic hydroxyl groups is 1. The molecule has 1 aliphatic carbocycles. The zero-order chi connectivity index (χ0) is 22.1. The van der Waals surface area contributed by atoms with Gasteiger partial charge in [0.05, 0.1) is 6.04 Å². The number of benzene rings is 1. The number of hydrogen-bond donors (Lipinski definition) is 1. The third-order valence-electron chi connectivity index (χ3n) is 6.03. The van der Waals surface area contributed by atoms with Gasteiger partial charge in [0.15, 0.2) is 5.60 Å². The van der Waals surface area contributed by atoms with Crippen molar-refractivity contribution in [1.82, 2.24) is 4.90 Å². The van der Waals surface area contributed by atoms with Crippen LogP contribution in [0, 0.1) is 11.8 Å². The second-order valence-corrected chi connectivity index (χ2v) is 9.45. The topological polar surface area (TPSA) is 76.1 Å². The Balaban J connectivity index is 2.02. The lowest BCUT2D eigenvalue weighted by Gasteiger charge is -2.39. The van der Waals surface area contributed by atoms with Gasteiger partial charge in [-0.05, 0) is 52.5 Å². The molecule has 1 aromatic rings. The molecule has 0 spiro atoms. The molecule has 0 saturated carbocycles. The number of carbonyl (C=O) groups is 2. The molecule has 6 heteroatoms. The molecule has 0 unspecified atom stereocenters. The highest BCUT2D eigenvalue weighted by molar-refractivity contribution is 6.00. The maximum Gasteiger partial charge on any atom is 0.417 e. The minimum Gasteiger partial charge on any atom is -0.443 e. The smallest absolute Gasteiger partial charge is 0.417 e. The summed E-state index contributed by atoms with van der Waals surface area (Å²) in [6.45, 7) is 7.75. The van der Waals surface area contributed by atoms with E-state index >= 15 is 0 Å². The summed E-state index contributed by atoms with van der Waals surface area (Å²) >= 11 is 0. The first-order valence-electron chi connectivity index (χ1n) is 10.6. The number of ether oxygens (including phenoxy) is 2. The summed E-state index contributed by atoms with van der Waals surface area (Å²) in [5.74, 6) is -1.37. The van der Waals surface area contributed by atoms with E-state index in [9.17, 15) is 14.7 Å². The molecule has 1 saturated heterocycles. The molecule has 0 bridgehead atoms. The molecule has 3 rings (SSSR count). The molecule has 0 aromatic heterocycles. The quantitative estimate of drug-likeness (QED) is 0.742. The molecule has 1 fully saturated rings. The molecular formula is C24H33NO5. The molecule has 1 N–H and O–H groups in total. The average Bonchev–Trinajstić information content (AvgIpc) is 2.87. The number of fused-ring (bicyclic) bond motifs is 1. The highest BCUT2D eigenvalue weighted by Crippen LogP contribution is 2.49. The van der Waals surface area contributed by atoms with Gasteiger partial charge < -0.3 is 14.6 Å². The molecule has 164 valence electrons. The highest BCUT2D eigenvalue weighted by atomic mass is 16.6. The van der Waals surface area contributed by atoms with Crippen molar-refractivity contribution in [3.05, 3.63) is 47.5 Å². The maximum absolute atomic E-state index is 13.6. The lowest BCUT2D eigenvalue weighted by Crippen LogP contribution is -2.52. The van der Waals surface area contributed by atoms with Gasteiger partial charge in [0.2, 0.25) is 0 Å². The van der Waals surface area contributed by atoms with Crippen LogP contribution < -0.4 is 0 Å². The van der Waals surface area contributed by atoms with E-state index in [2.05, 4.69) is 0 Å².